The second-order valence-corrected chi connectivity index (χ2v) is 5.46. The van der Waals surface area contributed by atoms with Crippen LogP contribution in [-0.4, -0.2) is 18.6 Å². The fourth-order valence-corrected chi connectivity index (χ4v) is 2.37. The van der Waals surface area contributed by atoms with E-state index in [1.54, 1.807) is 0 Å². The van der Waals surface area contributed by atoms with Gasteiger partial charge in [-0.3, -0.25) is 5.32 Å². The number of hydrogen-bond donors (Lipinski definition) is 1. The fraction of sp³-hybridized carbons (Fsp3) is 0.562. The second kappa shape index (κ2) is 6.20. The number of ether oxygens (including phenoxy) is 1. The lowest BCUT2D eigenvalue weighted by Crippen LogP contribution is -2.51. The van der Waals surface area contributed by atoms with E-state index in [9.17, 15) is 4.79 Å². The molecule has 0 aliphatic heterocycles. The Bertz CT molecular complexity index is 454. The Kier molecular flexibility index (Phi) is 5.12. The third-order valence-electron chi connectivity index (χ3n) is 3.19. The van der Waals surface area contributed by atoms with Crippen LogP contribution in [0, 0.1) is 13.8 Å². The molecule has 0 aliphatic carbocycles. The van der Waals surface area contributed by atoms with Crippen molar-refractivity contribution in [2.45, 2.75) is 53.1 Å². The minimum absolute atomic E-state index is 0.189. The summed E-state index contributed by atoms with van der Waals surface area (Å²) >= 11 is 0. The molecule has 0 aliphatic rings. The van der Waals surface area contributed by atoms with Crippen LogP contribution in [0.3, 0.4) is 0 Å². The highest BCUT2D eigenvalue weighted by Crippen LogP contribution is 2.27. The standard InChI is InChI=1S/C16H25NO2/c1-7-19-15(18)16(6,17-11(2)3)14-10-12(4)8-9-13(14)5/h8-11,17H,7H2,1-6H3. The first-order valence-corrected chi connectivity index (χ1v) is 6.84. The maximum Gasteiger partial charge on any atom is 0.330 e. The molecule has 0 heterocycles. The quantitative estimate of drug-likeness (QED) is 0.830. The van der Waals surface area contributed by atoms with Crippen molar-refractivity contribution in [3.8, 4) is 0 Å². The van der Waals surface area contributed by atoms with Gasteiger partial charge in [0.25, 0.3) is 0 Å². The van der Waals surface area contributed by atoms with Crippen LogP contribution in [0.4, 0.5) is 0 Å². The summed E-state index contributed by atoms with van der Waals surface area (Å²) < 4.78 is 5.26. The highest BCUT2D eigenvalue weighted by Gasteiger charge is 2.38. The summed E-state index contributed by atoms with van der Waals surface area (Å²) in [6, 6.07) is 6.35. The topological polar surface area (TPSA) is 38.3 Å². The van der Waals surface area contributed by atoms with Gasteiger partial charge in [0.05, 0.1) is 6.61 Å². The van der Waals surface area contributed by atoms with Crippen molar-refractivity contribution in [2.75, 3.05) is 6.61 Å². The lowest BCUT2D eigenvalue weighted by atomic mass is 9.86. The molecular formula is C16H25NO2. The van der Waals surface area contributed by atoms with Gasteiger partial charge in [0.15, 0.2) is 0 Å². The molecule has 0 bridgehead atoms. The molecular weight excluding hydrogens is 238 g/mol. The van der Waals surface area contributed by atoms with E-state index in [1.165, 1.54) is 0 Å². The zero-order valence-corrected chi connectivity index (χ0v) is 12.8. The number of carbonyl (C=O) groups excluding carboxylic acids is 1. The van der Waals surface area contributed by atoms with Crippen molar-refractivity contribution in [3.63, 3.8) is 0 Å². The van der Waals surface area contributed by atoms with Crippen molar-refractivity contribution in [3.05, 3.63) is 34.9 Å². The van der Waals surface area contributed by atoms with E-state index in [-0.39, 0.29) is 12.0 Å². The fourth-order valence-electron chi connectivity index (χ4n) is 2.37. The summed E-state index contributed by atoms with van der Waals surface area (Å²) in [5.74, 6) is -0.225. The normalized spacial score (nSPS) is 14.3. The van der Waals surface area contributed by atoms with Crippen molar-refractivity contribution in [1.82, 2.24) is 5.32 Å². The molecule has 1 aromatic rings. The van der Waals surface area contributed by atoms with Crippen molar-refractivity contribution in [1.29, 1.82) is 0 Å². The molecule has 0 spiro atoms. The van der Waals surface area contributed by atoms with Gasteiger partial charge in [0, 0.05) is 6.04 Å². The summed E-state index contributed by atoms with van der Waals surface area (Å²) in [6.45, 7) is 12.2. The lowest BCUT2D eigenvalue weighted by Gasteiger charge is -2.32. The third-order valence-corrected chi connectivity index (χ3v) is 3.19. The lowest BCUT2D eigenvalue weighted by molar-refractivity contribution is -0.151. The first-order valence-electron chi connectivity index (χ1n) is 6.84. The van der Waals surface area contributed by atoms with E-state index in [1.807, 2.05) is 47.6 Å². The molecule has 1 rings (SSSR count). The highest BCUT2D eigenvalue weighted by molar-refractivity contribution is 5.82. The van der Waals surface area contributed by atoms with E-state index < -0.39 is 5.54 Å². The van der Waals surface area contributed by atoms with Crippen LogP contribution in [0.2, 0.25) is 0 Å². The van der Waals surface area contributed by atoms with Gasteiger partial charge < -0.3 is 4.74 Å². The van der Waals surface area contributed by atoms with Gasteiger partial charge in [0.2, 0.25) is 0 Å². The predicted molar refractivity (Wildman–Crippen MR) is 78.2 cm³/mol. The number of esters is 1. The van der Waals surface area contributed by atoms with Crippen LogP contribution in [0.5, 0.6) is 0 Å². The molecule has 106 valence electrons. The molecule has 0 saturated heterocycles. The number of hydrogen-bond acceptors (Lipinski definition) is 3. The van der Waals surface area contributed by atoms with Gasteiger partial charge in [-0.15, -0.1) is 0 Å². The summed E-state index contributed by atoms with van der Waals surface area (Å²) in [7, 11) is 0. The number of benzene rings is 1. The highest BCUT2D eigenvalue weighted by atomic mass is 16.5. The van der Waals surface area contributed by atoms with E-state index in [0.29, 0.717) is 6.61 Å². The van der Waals surface area contributed by atoms with Crippen LogP contribution >= 0.6 is 0 Å². The molecule has 19 heavy (non-hydrogen) atoms. The van der Waals surface area contributed by atoms with Crippen molar-refractivity contribution in [2.24, 2.45) is 0 Å². The molecule has 3 heteroatoms. The first-order chi connectivity index (χ1) is 8.81. The molecule has 0 fully saturated rings. The molecule has 3 nitrogen and oxygen atoms in total. The minimum atomic E-state index is -0.805. The van der Waals surface area contributed by atoms with Gasteiger partial charge >= 0.3 is 5.97 Å². The van der Waals surface area contributed by atoms with Crippen molar-refractivity contribution < 1.29 is 9.53 Å². The van der Waals surface area contributed by atoms with Gasteiger partial charge in [-0.2, -0.15) is 0 Å². The van der Waals surface area contributed by atoms with Crippen LogP contribution in [-0.2, 0) is 15.1 Å². The number of rotatable bonds is 5. The second-order valence-electron chi connectivity index (χ2n) is 5.46. The van der Waals surface area contributed by atoms with Crippen LogP contribution in [0.15, 0.2) is 18.2 Å². The summed E-state index contributed by atoms with van der Waals surface area (Å²) in [5, 5.41) is 3.35. The number of aryl methyl sites for hydroxylation is 2. The number of carbonyl (C=O) groups is 1. The number of nitrogens with one attached hydrogen (secondary N) is 1. The van der Waals surface area contributed by atoms with E-state index in [4.69, 9.17) is 4.74 Å². The Morgan fingerprint density at radius 1 is 1.37 bits per heavy atom. The first kappa shape index (κ1) is 15.7. The summed E-state index contributed by atoms with van der Waals surface area (Å²) in [5.41, 5.74) is 2.41. The zero-order valence-electron chi connectivity index (χ0n) is 12.8. The largest absolute Gasteiger partial charge is 0.464 e. The van der Waals surface area contributed by atoms with Crippen LogP contribution in [0.25, 0.3) is 0 Å². The van der Waals surface area contributed by atoms with Gasteiger partial charge in [-0.1, -0.05) is 23.8 Å². The average molecular weight is 263 g/mol. The van der Waals surface area contributed by atoms with E-state index >= 15 is 0 Å². The van der Waals surface area contributed by atoms with Crippen LogP contribution in [0.1, 0.15) is 44.4 Å². The predicted octanol–water partition coefficient (Wildman–Crippen LogP) is 3.08. The Labute approximate surface area is 116 Å². The molecule has 1 unspecified atom stereocenters. The Morgan fingerprint density at radius 3 is 2.53 bits per heavy atom. The van der Waals surface area contributed by atoms with Gasteiger partial charge in [-0.05, 0) is 52.7 Å². The summed E-state index contributed by atoms with van der Waals surface area (Å²) in [4.78, 5) is 12.4. The zero-order chi connectivity index (χ0) is 14.6. The van der Waals surface area contributed by atoms with Crippen LogP contribution < -0.4 is 5.32 Å². The molecule has 1 atom stereocenters. The SMILES string of the molecule is CCOC(=O)C(C)(NC(C)C)c1cc(C)ccc1C. The Balaban J connectivity index is 3.29. The minimum Gasteiger partial charge on any atom is -0.464 e. The molecule has 1 aromatic carbocycles. The van der Waals surface area contributed by atoms with Crippen molar-refractivity contribution >= 4 is 5.97 Å². The molecule has 0 saturated carbocycles. The molecule has 1 N–H and O–H groups in total. The average Bonchev–Trinajstić information content (AvgIpc) is 2.31. The maximum atomic E-state index is 12.4. The van der Waals surface area contributed by atoms with Gasteiger partial charge in [0.1, 0.15) is 5.54 Å². The molecule has 0 radical (unpaired) electrons. The molecule has 0 amide bonds. The summed E-state index contributed by atoms with van der Waals surface area (Å²) in [6.07, 6.45) is 0. The van der Waals surface area contributed by atoms with E-state index in [0.717, 1.165) is 16.7 Å². The Morgan fingerprint density at radius 2 is 2.00 bits per heavy atom. The third kappa shape index (κ3) is 3.57. The maximum absolute atomic E-state index is 12.4. The monoisotopic (exact) mass is 263 g/mol. The molecule has 0 aromatic heterocycles. The smallest absolute Gasteiger partial charge is 0.330 e. The van der Waals surface area contributed by atoms with E-state index in [2.05, 4.69) is 17.4 Å². The van der Waals surface area contributed by atoms with Gasteiger partial charge in [-0.25, -0.2) is 4.79 Å². The Hall–Kier alpha value is -1.35.